The molecule has 2 aromatic carbocycles. The molecule has 7 heteroatoms. The molecule has 2 N–H and O–H groups in total. The summed E-state index contributed by atoms with van der Waals surface area (Å²) < 4.78 is 26.8. The minimum Gasteiger partial charge on any atom is -0.325 e. The molecule has 2 aromatic rings. The zero-order chi connectivity index (χ0) is 19.3. The Balaban J connectivity index is 1.52. The summed E-state index contributed by atoms with van der Waals surface area (Å²) >= 11 is 0. The van der Waals surface area contributed by atoms with E-state index < -0.39 is 10.0 Å². The Bertz CT molecular complexity index is 876. The topological polar surface area (TPSA) is 70.9 Å². The van der Waals surface area contributed by atoms with Gasteiger partial charge < -0.3 is 10.2 Å². The number of nitrogens with zero attached hydrogens (tertiary/aromatic N) is 1. The van der Waals surface area contributed by atoms with Crippen LogP contribution < -0.4 is 10.2 Å². The van der Waals surface area contributed by atoms with Crippen LogP contribution in [-0.2, 0) is 21.2 Å². The van der Waals surface area contributed by atoms with Crippen LogP contribution in [0.4, 0.5) is 5.69 Å². The molecule has 0 unspecified atom stereocenters. The maximum Gasteiger partial charge on any atom is 0.279 e. The highest BCUT2D eigenvalue weighted by atomic mass is 32.2. The van der Waals surface area contributed by atoms with Crippen molar-refractivity contribution in [3.63, 3.8) is 0 Å². The van der Waals surface area contributed by atoms with Gasteiger partial charge in [-0.25, -0.2) is 8.42 Å². The van der Waals surface area contributed by atoms with E-state index in [-0.39, 0.29) is 5.91 Å². The molecule has 1 saturated heterocycles. The monoisotopic (exact) mass is 388 g/mol. The normalized spacial score (nSPS) is 16.2. The van der Waals surface area contributed by atoms with Crippen LogP contribution in [0.2, 0.25) is 0 Å². The molecule has 0 atom stereocenters. The van der Waals surface area contributed by atoms with Crippen molar-refractivity contribution in [3.05, 3.63) is 60.2 Å². The average molecular weight is 389 g/mol. The van der Waals surface area contributed by atoms with Gasteiger partial charge >= 0.3 is 0 Å². The highest BCUT2D eigenvalue weighted by Gasteiger charge is 2.30. The zero-order valence-electron chi connectivity index (χ0n) is 15.5. The second-order valence-electron chi connectivity index (χ2n) is 6.75. The van der Waals surface area contributed by atoms with E-state index in [0.717, 1.165) is 17.0 Å². The lowest BCUT2D eigenvalue weighted by Gasteiger charge is -2.31. The van der Waals surface area contributed by atoms with Crippen molar-refractivity contribution in [3.8, 4) is 0 Å². The lowest BCUT2D eigenvalue weighted by molar-refractivity contribution is -0.895. The molecular formula is C20H26N3O3S+. The van der Waals surface area contributed by atoms with Crippen LogP contribution in [0.3, 0.4) is 0 Å². The van der Waals surface area contributed by atoms with Crippen molar-refractivity contribution in [2.24, 2.45) is 0 Å². The SMILES string of the molecule is CCc1cccc(NC(=O)C[NH+]2CCN(S(=O)(=O)c3ccccc3)CC2)c1. The number of aryl methyl sites for hydroxylation is 1. The number of quaternary nitrogens is 1. The number of nitrogens with one attached hydrogen (secondary N) is 2. The molecule has 1 fully saturated rings. The van der Waals surface area contributed by atoms with E-state index in [1.165, 1.54) is 9.87 Å². The number of rotatable bonds is 6. The first kappa shape index (κ1) is 19.5. The third kappa shape index (κ3) is 4.94. The van der Waals surface area contributed by atoms with E-state index in [1.807, 2.05) is 24.3 Å². The molecule has 0 aliphatic carbocycles. The fourth-order valence-corrected chi connectivity index (χ4v) is 4.72. The Labute approximate surface area is 160 Å². The highest BCUT2D eigenvalue weighted by molar-refractivity contribution is 7.89. The smallest absolute Gasteiger partial charge is 0.279 e. The van der Waals surface area contributed by atoms with Crippen LogP contribution in [0.15, 0.2) is 59.5 Å². The van der Waals surface area contributed by atoms with Gasteiger partial charge in [-0.1, -0.05) is 37.3 Å². The summed E-state index contributed by atoms with van der Waals surface area (Å²) in [5, 5.41) is 2.94. The van der Waals surface area contributed by atoms with E-state index in [4.69, 9.17) is 0 Å². The molecule has 1 aliphatic rings. The molecule has 0 spiro atoms. The van der Waals surface area contributed by atoms with Gasteiger partial charge in [-0.3, -0.25) is 4.79 Å². The quantitative estimate of drug-likeness (QED) is 0.768. The minimum atomic E-state index is -3.45. The predicted molar refractivity (Wildman–Crippen MR) is 105 cm³/mol. The Hall–Kier alpha value is -2.22. The molecular weight excluding hydrogens is 362 g/mol. The lowest BCUT2D eigenvalue weighted by atomic mass is 10.1. The van der Waals surface area contributed by atoms with Crippen molar-refractivity contribution >= 4 is 21.6 Å². The van der Waals surface area contributed by atoms with Crippen molar-refractivity contribution in [1.82, 2.24) is 4.31 Å². The third-order valence-corrected chi connectivity index (χ3v) is 6.75. The second-order valence-corrected chi connectivity index (χ2v) is 8.68. The van der Waals surface area contributed by atoms with Gasteiger partial charge in [-0.2, -0.15) is 4.31 Å². The predicted octanol–water partition coefficient (Wildman–Crippen LogP) is 0.777. The molecule has 3 rings (SSSR count). The summed E-state index contributed by atoms with van der Waals surface area (Å²) in [5.41, 5.74) is 1.99. The van der Waals surface area contributed by atoms with Gasteiger partial charge in [-0.15, -0.1) is 0 Å². The minimum absolute atomic E-state index is 0.0439. The summed E-state index contributed by atoms with van der Waals surface area (Å²) in [6.45, 7) is 4.50. The second kappa shape index (κ2) is 8.65. The fraction of sp³-hybridized carbons (Fsp3) is 0.350. The van der Waals surface area contributed by atoms with Gasteiger partial charge in [0.15, 0.2) is 6.54 Å². The molecule has 0 bridgehead atoms. The van der Waals surface area contributed by atoms with Gasteiger partial charge in [-0.05, 0) is 36.2 Å². The number of piperazine rings is 1. The van der Waals surface area contributed by atoms with Gasteiger partial charge in [0.05, 0.1) is 31.1 Å². The van der Waals surface area contributed by atoms with E-state index >= 15 is 0 Å². The van der Waals surface area contributed by atoms with Gasteiger partial charge in [0, 0.05) is 5.69 Å². The summed E-state index contributed by atoms with van der Waals surface area (Å²) in [6, 6.07) is 16.3. The number of benzene rings is 2. The molecule has 6 nitrogen and oxygen atoms in total. The number of hydrogen-bond acceptors (Lipinski definition) is 3. The van der Waals surface area contributed by atoms with E-state index in [2.05, 4.69) is 12.2 Å². The molecule has 27 heavy (non-hydrogen) atoms. The van der Waals surface area contributed by atoms with Gasteiger partial charge in [0.1, 0.15) is 0 Å². The average Bonchev–Trinajstić information content (AvgIpc) is 2.69. The van der Waals surface area contributed by atoms with Gasteiger partial charge in [0.25, 0.3) is 5.91 Å². The molecule has 1 aliphatic heterocycles. The molecule has 0 saturated carbocycles. The highest BCUT2D eigenvalue weighted by Crippen LogP contribution is 2.15. The largest absolute Gasteiger partial charge is 0.325 e. The summed E-state index contributed by atoms with van der Waals surface area (Å²) in [4.78, 5) is 13.7. The Morgan fingerprint density at radius 2 is 1.78 bits per heavy atom. The van der Waals surface area contributed by atoms with E-state index in [1.54, 1.807) is 30.3 Å². The number of anilines is 1. The van der Waals surface area contributed by atoms with Crippen molar-refractivity contribution < 1.29 is 18.1 Å². The van der Waals surface area contributed by atoms with Crippen LogP contribution in [-0.4, -0.2) is 51.4 Å². The standard InChI is InChI=1S/C20H25N3O3S/c1-2-17-7-6-8-18(15-17)21-20(24)16-22-11-13-23(14-12-22)27(25,26)19-9-4-3-5-10-19/h3-10,15H,2,11-14,16H2,1H3,(H,21,24)/p+1. The number of carbonyl (C=O) groups excluding carboxylic acids is 1. The lowest BCUT2D eigenvalue weighted by Crippen LogP contribution is -3.15. The molecule has 0 radical (unpaired) electrons. The maximum atomic E-state index is 12.7. The summed E-state index contributed by atoms with van der Waals surface area (Å²) in [6.07, 6.45) is 0.923. The number of amides is 1. The Kier molecular flexibility index (Phi) is 6.26. The summed E-state index contributed by atoms with van der Waals surface area (Å²) in [5.74, 6) is -0.0439. The van der Waals surface area contributed by atoms with Gasteiger partial charge in [0.2, 0.25) is 10.0 Å². The van der Waals surface area contributed by atoms with Crippen LogP contribution in [0, 0.1) is 0 Å². The van der Waals surface area contributed by atoms with Crippen molar-refractivity contribution in [2.75, 3.05) is 38.0 Å². The first-order valence-corrected chi connectivity index (χ1v) is 10.7. The van der Waals surface area contributed by atoms with Crippen LogP contribution in [0.5, 0.6) is 0 Å². The van der Waals surface area contributed by atoms with Crippen LogP contribution in [0.1, 0.15) is 12.5 Å². The number of carbonyl (C=O) groups is 1. The fourth-order valence-electron chi connectivity index (χ4n) is 3.26. The molecule has 1 heterocycles. The van der Waals surface area contributed by atoms with E-state index in [0.29, 0.717) is 37.6 Å². The first-order valence-electron chi connectivity index (χ1n) is 9.26. The van der Waals surface area contributed by atoms with Crippen LogP contribution >= 0.6 is 0 Å². The van der Waals surface area contributed by atoms with Crippen molar-refractivity contribution in [2.45, 2.75) is 18.2 Å². The molecule has 1 amide bonds. The number of hydrogen-bond donors (Lipinski definition) is 2. The van der Waals surface area contributed by atoms with Crippen LogP contribution in [0.25, 0.3) is 0 Å². The molecule has 0 aromatic heterocycles. The summed E-state index contributed by atoms with van der Waals surface area (Å²) in [7, 11) is -3.45. The van der Waals surface area contributed by atoms with Crippen molar-refractivity contribution in [1.29, 1.82) is 0 Å². The third-order valence-electron chi connectivity index (χ3n) is 4.84. The molecule has 144 valence electrons. The first-order chi connectivity index (χ1) is 13.0. The zero-order valence-corrected chi connectivity index (χ0v) is 16.3. The Morgan fingerprint density at radius 1 is 1.07 bits per heavy atom. The maximum absolute atomic E-state index is 12.7. The number of sulfonamides is 1. The van der Waals surface area contributed by atoms with E-state index in [9.17, 15) is 13.2 Å². The Morgan fingerprint density at radius 3 is 2.44 bits per heavy atom.